The van der Waals surface area contributed by atoms with Crippen LogP contribution in [0.15, 0.2) is 77.6 Å². The van der Waals surface area contributed by atoms with Crippen LogP contribution in [0.5, 0.6) is 5.75 Å². The van der Waals surface area contributed by atoms with E-state index in [0.717, 1.165) is 11.3 Å². The average Bonchev–Trinajstić information content (AvgIpc) is 3.24. The number of hydrogen-bond donors (Lipinski definition) is 2. The number of nitrogens with zero attached hydrogens (tertiary/aromatic N) is 1. The number of ether oxygens (including phenoxy) is 1. The SMILES string of the molecule is O=C(Nc1cccc(-c2ccc(=O)[nH]n2)c1)c1ccc(-c2cccc(OC(F)(F)F)c2)s1. The van der Waals surface area contributed by atoms with Gasteiger partial charge < -0.3 is 10.1 Å². The normalized spacial score (nSPS) is 11.2. The van der Waals surface area contributed by atoms with E-state index < -0.39 is 6.36 Å². The fourth-order valence-corrected chi connectivity index (χ4v) is 3.81. The van der Waals surface area contributed by atoms with E-state index >= 15 is 0 Å². The molecule has 2 heterocycles. The molecule has 6 nitrogen and oxygen atoms in total. The molecule has 2 aromatic carbocycles. The third-order valence-electron chi connectivity index (χ3n) is 4.28. The molecule has 0 unspecified atom stereocenters. The highest BCUT2D eigenvalue weighted by atomic mass is 32.1. The van der Waals surface area contributed by atoms with Gasteiger partial charge in [0.1, 0.15) is 5.75 Å². The van der Waals surface area contributed by atoms with Gasteiger partial charge in [-0.3, -0.25) is 9.59 Å². The molecule has 4 aromatic rings. The van der Waals surface area contributed by atoms with Gasteiger partial charge in [-0.15, -0.1) is 24.5 Å². The highest BCUT2D eigenvalue weighted by Crippen LogP contribution is 2.32. The number of nitrogens with one attached hydrogen (secondary N) is 2. The van der Waals surface area contributed by atoms with Gasteiger partial charge in [-0.25, -0.2) is 5.10 Å². The Labute approximate surface area is 183 Å². The number of rotatable bonds is 5. The van der Waals surface area contributed by atoms with Crippen molar-refractivity contribution in [3.63, 3.8) is 0 Å². The van der Waals surface area contributed by atoms with E-state index in [0.29, 0.717) is 32.3 Å². The summed E-state index contributed by atoms with van der Waals surface area (Å²) in [5.41, 5.74) is 1.95. The van der Waals surface area contributed by atoms with Crippen molar-refractivity contribution in [1.82, 2.24) is 10.2 Å². The van der Waals surface area contributed by atoms with Crippen molar-refractivity contribution in [2.75, 3.05) is 5.32 Å². The molecule has 0 spiro atoms. The first-order valence-corrected chi connectivity index (χ1v) is 10.0. The summed E-state index contributed by atoms with van der Waals surface area (Å²) >= 11 is 1.14. The Kier molecular flexibility index (Phi) is 5.78. The number of carbonyl (C=O) groups excluding carboxylic acids is 1. The first-order valence-electron chi connectivity index (χ1n) is 9.20. The molecule has 0 fully saturated rings. The summed E-state index contributed by atoms with van der Waals surface area (Å²) in [6, 6.07) is 18.7. The molecular weight excluding hydrogens is 443 g/mol. The lowest BCUT2D eigenvalue weighted by molar-refractivity contribution is -0.274. The maximum atomic E-state index is 12.7. The van der Waals surface area contributed by atoms with Crippen LogP contribution in [0.3, 0.4) is 0 Å². The van der Waals surface area contributed by atoms with Crippen molar-refractivity contribution in [3.8, 4) is 27.4 Å². The second-order valence-electron chi connectivity index (χ2n) is 6.58. The number of hydrogen-bond acceptors (Lipinski definition) is 5. The maximum absolute atomic E-state index is 12.7. The molecule has 0 saturated heterocycles. The summed E-state index contributed by atoms with van der Waals surface area (Å²) in [6.45, 7) is 0. The van der Waals surface area contributed by atoms with Gasteiger partial charge in [-0.05, 0) is 48.0 Å². The number of aromatic amines is 1. The van der Waals surface area contributed by atoms with Gasteiger partial charge in [0, 0.05) is 22.2 Å². The number of halogens is 3. The van der Waals surface area contributed by atoms with Crippen molar-refractivity contribution in [3.05, 3.63) is 88.0 Å². The quantitative estimate of drug-likeness (QED) is 0.425. The van der Waals surface area contributed by atoms with E-state index in [2.05, 4.69) is 20.3 Å². The van der Waals surface area contributed by atoms with Gasteiger partial charge in [-0.1, -0.05) is 24.3 Å². The van der Waals surface area contributed by atoms with Crippen molar-refractivity contribution in [2.24, 2.45) is 0 Å². The predicted octanol–water partition coefficient (Wildman–Crippen LogP) is 5.32. The van der Waals surface area contributed by atoms with Crippen molar-refractivity contribution in [1.29, 1.82) is 0 Å². The van der Waals surface area contributed by atoms with Crippen LogP contribution < -0.4 is 15.6 Å². The zero-order valence-electron chi connectivity index (χ0n) is 16.1. The molecule has 2 aromatic heterocycles. The molecule has 0 radical (unpaired) electrons. The third-order valence-corrected chi connectivity index (χ3v) is 5.41. The van der Waals surface area contributed by atoms with Crippen LogP contribution in [0.2, 0.25) is 0 Å². The minimum absolute atomic E-state index is 0.317. The summed E-state index contributed by atoms with van der Waals surface area (Å²) in [6.07, 6.45) is -4.78. The molecule has 0 atom stereocenters. The molecule has 10 heteroatoms. The van der Waals surface area contributed by atoms with Gasteiger partial charge >= 0.3 is 6.36 Å². The highest BCUT2D eigenvalue weighted by Gasteiger charge is 2.31. The topological polar surface area (TPSA) is 84.1 Å². The smallest absolute Gasteiger partial charge is 0.406 e. The molecular formula is C22H14F3N3O3S. The van der Waals surface area contributed by atoms with Crippen LogP contribution in [-0.2, 0) is 0 Å². The van der Waals surface area contributed by atoms with Crippen LogP contribution in [0.1, 0.15) is 9.67 Å². The fourth-order valence-electron chi connectivity index (χ4n) is 2.92. The molecule has 0 bridgehead atoms. The first kappa shape index (κ1) is 21.3. The maximum Gasteiger partial charge on any atom is 0.573 e. The van der Waals surface area contributed by atoms with Crippen molar-refractivity contribution in [2.45, 2.75) is 6.36 Å². The monoisotopic (exact) mass is 457 g/mol. The highest BCUT2D eigenvalue weighted by molar-refractivity contribution is 7.17. The van der Waals surface area contributed by atoms with Crippen LogP contribution >= 0.6 is 11.3 Å². The van der Waals surface area contributed by atoms with E-state index in [4.69, 9.17) is 0 Å². The number of amides is 1. The van der Waals surface area contributed by atoms with E-state index in [1.54, 1.807) is 48.5 Å². The summed E-state index contributed by atoms with van der Waals surface area (Å²) in [4.78, 5) is 24.8. The molecule has 0 aliphatic rings. The number of alkyl halides is 3. The number of benzene rings is 2. The van der Waals surface area contributed by atoms with Crippen LogP contribution in [-0.4, -0.2) is 22.5 Å². The number of thiophene rings is 1. The second-order valence-corrected chi connectivity index (χ2v) is 7.66. The lowest BCUT2D eigenvalue weighted by atomic mass is 10.1. The summed E-state index contributed by atoms with van der Waals surface area (Å²) in [7, 11) is 0. The van der Waals surface area contributed by atoms with Gasteiger partial charge in [0.25, 0.3) is 11.5 Å². The molecule has 4 rings (SSSR count). The van der Waals surface area contributed by atoms with Gasteiger partial charge in [0.05, 0.1) is 10.6 Å². The Hall–Kier alpha value is -3.92. The number of aromatic nitrogens is 2. The number of H-pyrrole nitrogens is 1. The van der Waals surface area contributed by atoms with Gasteiger partial charge in [-0.2, -0.15) is 5.10 Å². The largest absolute Gasteiger partial charge is 0.573 e. The molecule has 162 valence electrons. The number of carbonyl (C=O) groups is 1. The lowest BCUT2D eigenvalue weighted by Gasteiger charge is -2.09. The Morgan fingerprint density at radius 2 is 1.75 bits per heavy atom. The van der Waals surface area contributed by atoms with Crippen LogP contribution in [0.4, 0.5) is 18.9 Å². The molecule has 1 amide bonds. The Balaban J connectivity index is 1.50. The second kappa shape index (κ2) is 8.67. The standard InChI is InChI=1S/C22H14F3N3O3S/c23-22(24,25)31-16-6-2-4-14(12-16)18-8-9-19(32-18)21(30)26-15-5-1-3-13(11-15)17-7-10-20(29)28-27-17/h1-12H,(H,26,30)(H,28,29). The Bertz CT molecular complexity index is 1310. The average molecular weight is 457 g/mol. The van der Waals surface area contributed by atoms with E-state index in [9.17, 15) is 22.8 Å². The minimum atomic E-state index is -4.78. The third kappa shape index (κ3) is 5.22. The summed E-state index contributed by atoms with van der Waals surface area (Å²) in [5, 5.41) is 9.11. The van der Waals surface area contributed by atoms with Gasteiger partial charge in [0.2, 0.25) is 0 Å². The first-order chi connectivity index (χ1) is 15.3. The van der Waals surface area contributed by atoms with Crippen LogP contribution in [0, 0.1) is 0 Å². The zero-order valence-corrected chi connectivity index (χ0v) is 17.0. The van der Waals surface area contributed by atoms with Gasteiger partial charge in [0.15, 0.2) is 0 Å². The van der Waals surface area contributed by atoms with Crippen molar-refractivity contribution < 1.29 is 22.7 Å². The number of anilines is 1. The minimum Gasteiger partial charge on any atom is -0.406 e. The Morgan fingerprint density at radius 1 is 0.969 bits per heavy atom. The Morgan fingerprint density at radius 3 is 2.50 bits per heavy atom. The van der Waals surface area contributed by atoms with E-state index in [-0.39, 0.29) is 17.2 Å². The molecule has 0 aliphatic carbocycles. The predicted molar refractivity (Wildman–Crippen MR) is 115 cm³/mol. The van der Waals surface area contributed by atoms with E-state index in [1.165, 1.54) is 24.3 Å². The summed E-state index contributed by atoms with van der Waals surface area (Å²) in [5.74, 6) is -0.697. The van der Waals surface area contributed by atoms with Crippen LogP contribution in [0.25, 0.3) is 21.7 Å². The fraction of sp³-hybridized carbons (Fsp3) is 0.0455. The van der Waals surface area contributed by atoms with Crippen molar-refractivity contribution >= 4 is 22.9 Å². The molecule has 0 aliphatic heterocycles. The molecule has 0 saturated carbocycles. The summed E-state index contributed by atoms with van der Waals surface area (Å²) < 4.78 is 41.3. The molecule has 32 heavy (non-hydrogen) atoms. The molecule has 2 N–H and O–H groups in total. The van der Waals surface area contributed by atoms with E-state index in [1.807, 2.05) is 0 Å². The zero-order chi connectivity index (χ0) is 22.7. The lowest BCUT2D eigenvalue weighted by Crippen LogP contribution is -2.17.